The van der Waals surface area contributed by atoms with Gasteiger partial charge in [0.1, 0.15) is 5.75 Å². The molecule has 2 aromatic heterocycles. The number of nitrogens with zero attached hydrogens (tertiary/aromatic N) is 1. The van der Waals surface area contributed by atoms with E-state index in [-0.39, 0.29) is 6.04 Å². The van der Waals surface area contributed by atoms with Crippen molar-refractivity contribution in [2.24, 2.45) is 5.73 Å². The molecule has 2 rings (SSSR count). The van der Waals surface area contributed by atoms with E-state index in [1.807, 2.05) is 23.2 Å². The van der Waals surface area contributed by atoms with Crippen molar-refractivity contribution in [2.75, 3.05) is 7.11 Å². The SMILES string of the molecule is COc1ccsc1C(N)Cc1cncs1. The molecule has 3 nitrogen and oxygen atoms in total. The van der Waals surface area contributed by atoms with Gasteiger partial charge in [-0.05, 0) is 11.4 Å². The molecule has 0 radical (unpaired) electrons. The monoisotopic (exact) mass is 240 g/mol. The second-order valence-electron chi connectivity index (χ2n) is 3.13. The molecular weight excluding hydrogens is 228 g/mol. The van der Waals surface area contributed by atoms with E-state index in [2.05, 4.69) is 4.98 Å². The van der Waals surface area contributed by atoms with Gasteiger partial charge in [0.25, 0.3) is 0 Å². The number of thiazole rings is 1. The number of methoxy groups -OCH3 is 1. The van der Waals surface area contributed by atoms with E-state index in [0.29, 0.717) is 0 Å². The van der Waals surface area contributed by atoms with Crippen LogP contribution in [0.1, 0.15) is 15.8 Å². The Hall–Kier alpha value is -0.910. The summed E-state index contributed by atoms with van der Waals surface area (Å²) < 4.78 is 5.24. The zero-order valence-corrected chi connectivity index (χ0v) is 9.98. The smallest absolute Gasteiger partial charge is 0.134 e. The normalized spacial score (nSPS) is 12.7. The number of aromatic nitrogens is 1. The molecule has 0 aliphatic carbocycles. The van der Waals surface area contributed by atoms with Gasteiger partial charge in [0.2, 0.25) is 0 Å². The molecule has 1 atom stereocenters. The summed E-state index contributed by atoms with van der Waals surface area (Å²) in [5.41, 5.74) is 7.94. The van der Waals surface area contributed by atoms with Crippen LogP contribution in [0.4, 0.5) is 0 Å². The van der Waals surface area contributed by atoms with E-state index in [1.54, 1.807) is 29.8 Å². The molecule has 5 heteroatoms. The van der Waals surface area contributed by atoms with E-state index < -0.39 is 0 Å². The fourth-order valence-electron chi connectivity index (χ4n) is 1.40. The van der Waals surface area contributed by atoms with Gasteiger partial charge in [-0.3, -0.25) is 4.98 Å². The van der Waals surface area contributed by atoms with Gasteiger partial charge < -0.3 is 10.5 Å². The number of hydrogen-bond acceptors (Lipinski definition) is 5. The number of nitrogens with two attached hydrogens (primary N) is 1. The summed E-state index contributed by atoms with van der Waals surface area (Å²) in [6.45, 7) is 0. The van der Waals surface area contributed by atoms with E-state index in [1.165, 1.54) is 4.88 Å². The predicted octanol–water partition coefficient (Wildman–Crippen LogP) is 2.46. The van der Waals surface area contributed by atoms with Crippen LogP contribution in [0.15, 0.2) is 23.2 Å². The molecule has 2 aromatic rings. The van der Waals surface area contributed by atoms with Crippen molar-refractivity contribution in [2.45, 2.75) is 12.5 Å². The largest absolute Gasteiger partial charge is 0.496 e. The second-order valence-corrected chi connectivity index (χ2v) is 5.05. The summed E-state index contributed by atoms with van der Waals surface area (Å²) in [4.78, 5) is 6.34. The minimum Gasteiger partial charge on any atom is -0.496 e. The summed E-state index contributed by atoms with van der Waals surface area (Å²) >= 11 is 3.27. The van der Waals surface area contributed by atoms with Crippen molar-refractivity contribution in [1.29, 1.82) is 0 Å². The molecule has 0 aromatic carbocycles. The van der Waals surface area contributed by atoms with E-state index in [9.17, 15) is 0 Å². The average Bonchev–Trinajstić information content (AvgIpc) is 2.86. The third-order valence-electron chi connectivity index (χ3n) is 2.12. The lowest BCUT2D eigenvalue weighted by molar-refractivity contribution is 0.409. The Bertz CT molecular complexity index is 411. The summed E-state index contributed by atoms with van der Waals surface area (Å²) in [5, 5.41) is 2.00. The highest BCUT2D eigenvalue weighted by molar-refractivity contribution is 7.10. The Balaban J connectivity index is 2.11. The molecule has 0 aliphatic rings. The van der Waals surface area contributed by atoms with Crippen molar-refractivity contribution in [1.82, 2.24) is 4.98 Å². The van der Waals surface area contributed by atoms with Crippen molar-refractivity contribution in [3.05, 3.63) is 32.9 Å². The van der Waals surface area contributed by atoms with Gasteiger partial charge in [-0.2, -0.15) is 0 Å². The molecule has 0 aliphatic heterocycles. The Morgan fingerprint density at radius 1 is 1.53 bits per heavy atom. The van der Waals surface area contributed by atoms with Gasteiger partial charge in [-0.1, -0.05) is 0 Å². The van der Waals surface area contributed by atoms with Gasteiger partial charge in [-0.25, -0.2) is 0 Å². The van der Waals surface area contributed by atoms with E-state index in [0.717, 1.165) is 17.0 Å². The number of rotatable bonds is 4. The van der Waals surface area contributed by atoms with Crippen molar-refractivity contribution >= 4 is 22.7 Å². The maximum absolute atomic E-state index is 6.12. The topological polar surface area (TPSA) is 48.1 Å². The number of hydrogen-bond donors (Lipinski definition) is 1. The molecule has 0 spiro atoms. The Kier molecular flexibility index (Phi) is 3.35. The van der Waals surface area contributed by atoms with E-state index in [4.69, 9.17) is 10.5 Å². The van der Waals surface area contributed by atoms with E-state index >= 15 is 0 Å². The van der Waals surface area contributed by atoms with Gasteiger partial charge in [-0.15, -0.1) is 22.7 Å². The Morgan fingerprint density at radius 3 is 3.07 bits per heavy atom. The van der Waals surface area contributed by atoms with Crippen LogP contribution >= 0.6 is 22.7 Å². The van der Waals surface area contributed by atoms with Crippen molar-refractivity contribution in [3.8, 4) is 5.75 Å². The molecule has 0 fully saturated rings. The summed E-state index contributed by atoms with van der Waals surface area (Å²) in [6.07, 6.45) is 2.69. The lowest BCUT2D eigenvalue weighted by Gasteiger charge is -2.10. The van der Waals surface area contributed by atoms with Crippen LogP contribution in [-0.4, -0.2) is 12.1 Å². The maximum atomic E-state index is 6.12. The standard InChI is InChI=1S/C10H12N2OS2/c1-13-9-2-3-14-10(9)8(11)4-7-5-12-6-15-7/h2-3,5-6,8H,4,11H2,1H3. The molecule has 0 bridgehead atoms. The quantitative estimate of drug-likeness (QED) is 0.893. The lowest BCUT2D eigenvalue weighted by atomic mass is 10.1. The predicted molar refractivity (Wildman–Crippen MR) is 63.6 cm³/mol. The van der Waals surface area contributed by atoms with Crippen LogP contribution in [0.3, 0.4) is 0 Å². The average molecular weight is 240 g/mol. The van der Waals surface area contributed by atoms with Crippen LogP contribution in [0.2, 0.25) is 0 Å². The molecule has 2 heterocycles. The summed E-state index contributed by atoms with van der Waals surface area (Å²) in [7, 11) is 1.67. The molecule has 15 heavy (non-hydrogen) atoms. The zero-order valence-electron chi connectivity index (χ0n) is 8.34. The first-order valence-electron chi connectivity index (χ1n) is 4.55. The molecule has 0 saturated carbocycles. The third-order valence-corrected chi connectivity index (χ3v) is 3.95. The Morgan fingerprint density at radius 2 is 2.40 bits per heavy atom. The highest BCUT2D eigenvalue weighted by Gasteiger charge is 2.14. The van der Waals surface area contributed by atoms with Gasteiger partial charge >= 0.3 is 0 Å². The molecule has 1 unspecified atom stereocenters. The second kappa shape index (κ2) is 4.74. The molecule has 0 saturated heterocycles. The summed E-state index contributed by atoms with van der Waals surface area (Å²) in [6, 6.07) is 1.95. The van der Waals surface area contributed by atoms with Crippen LogP contribution < -0.4 is 10.5 Å². The molecule has 0 amide bonds. The minimum atomic E-state index is 0.000370. The first-order valence-corrected chi connectivity index (χ1v) is 6.31. The molecular formula is C10H12N2OS2. The fourth-order valence-corrected chi connectivity index (χ4v) is 2.92. The molecule has 80 valence electrons. The Labute approximate surface area is 96.5 Å². The highest BCUT2D eigenvalue weighted by atomic mass is 32.1. The van der Waals surface area contributed by atoms with Crippen LogP contribution in [0.5, 0.6) is 5.75 Å². The van der Waals surface area contributed by atoms with Gasteiger partial charge in [0.05, 0.1) is 17.5 Å². The summed E-state index contributed by atoms with van der Waals surface area (Å²) in [5.74, 6) is 0.886. The number of ether oxygens (including phenoxy) is 1. The lowest BCUT2D eigenvalue weighted by Crippen LogP contribution is -2.12. The van der Waals surface area contributed by atoms with Crippen molar-refractivity contribution in [3.63, 3.8) is 0 Å². The van der Waals surface area contributed by atoms with Crippen LogP contribution in [-0.2, 0) is 6.42 Å². The van der Waals surface area contributed by atoms with Crippen molar-refractivity contribution < 1.29 is 4.74 Å². The maximum Gasteiger partial charge on any atom is 0.134 e. The fraction of sp³-hybridized carbons (Fsp3) is 0.300. The van der Waals surface area contributed by atoms with Gasteiger partial charge in [0.15, 0.2) is 0 Å². The van der Waals surface area contributed by atoms with Crippen LogP contribution in [0, 0.1) is 0 Å². The first-order chi connectivity index (χ1) is 7.31. The molecule has 2 N–H and O–H groups in total. The van der Waals surface area contributed by atoms with Crippen LogP contribution in [0.25, 0.3) is 0 Å². The highest BCUT2D eigenvalue weighted by Crippen LogP contribution is 2.31. The first kappa shape index (κ1) is 10.6. The van der Waals surface area contributed by atoms with Gasteiger partial charge in [0, 0.05) is 23.5 Å². The minimum absolute atomic E-state index is 0.000370. The third kappa shape index (κ3) is 2.37. The zero-order chi connectivity index (χ0) is 10.7. The number of thiophene rings is 1.